The van der Waals surface area contributed by atoms with Gasteiger partial charge in [0.2, 0.25) is 0 Å². The minimum absolute atomic E-state index is 0.263. The summed E-state index contributed by atoms with van der Waals surface area (Å²) < 4.78 is 10.5. The molecule has 0 saturated carbocycles. The minimum atomic E-state index is -0.733. The molecule has 6 heteroatoms. The first kappa shape index (κ1) is 22.8. The molecule has 152 valence electrons. The highest BCUT2D eigenvalue weighted by atomic mass is 16.5. The van der Waals surface area contributed by atoms with Gasteiger partial charge in [-0.2, -0.15) is 0 Å². The molecule has 0 amide bonds. The van der Waals surface area contributed by atoms with Gasteiger partial charge in [0.05, 0.1) is 26.9 Å². The van der Waals surface area contributed by atoms with E-state index in [9.17, 15) is 5.11 Å². The monoisotopic (exact) mass is 377 g/mol. The first-order valence-electron chi connectivity index (χ1n) is 9.57. The van der Waals surface area contributed by atoms with Crippen LogP contribution in [0.2, 0.25) is 0 Å². The molecule has 0 fully saturated rings. The third-order valence-electron chi connectivity index (χ3n) is 4.27. The lowest BCUT2D eigenvalue weighted by atomic mass is 10.1. The molecule has 0 radical (unpaired) electrons. The summed E-state index contributed by atoms with van der Waals surface area (Å²) in [7, 11) is 5.21. The number of aliphatic imine (C=N–C) groups is 1. The van der Waals surface area contributed by atoms with Crippen LogP contribution < -0.4 is 14.8 Å². The number of ether oxygens (including phenoxy) is 2. The molecular formula is C21H35N3O3. The lowest BCUT2D eigenvalue weighted by molar-refractivity contribution is 0.185. The topological polar surface area (TPSA) is 66.3 Å². The van der Waals surface area contributed by atoms with E-state index in [0.717, 1.165) is 37.5 Å². The number of nitrogens with one attached hydrogen (secondary N) is 1. The van der Waals surface area contributed by atoms with Gasteiger partial charge in [-0.1, -0.05) is 12.5 Å². The lowest BCUT2D eigenvalue weighted by Crippen LogP contribution is -2.39. The van der Waals surface area contributed by atoms with E-state index in [4.69, 9.17) is 9.47 Å². The van der Waals surface area contributed by atoms with Gasteiger partial charge in [-0.25, -0.2) is 0 Å². The van der Waals surface area contributed by atoms with Crippen LogP contribution in [-0.2, 0) is 0 Å². The first-order valence-corrected chi connectivity index (χ1v) is 9.57. The van der Waals surface area contributed by atoms with Crippen LogP contribution in [0.3, 0.4) is 0 Å². The summed E-state index contributed by atoms with van der Waals surface area (Å²) in [5.41, 5.74) is 0.720. The fourth-order valence-corrected chi connectivity index (χ4v) is 2.69. The van der Waals surface area contributed by atoms with Crippen LogP contribution in [0.4, 0.5) is 0 Å². The second kappa shape index (κ2) is 13.0. The molecule has 0 aliphatic rings. The van der Waals surface area contributed by atoms with Crippen molar-refractivity contribution in [2.45, 2.75) is 38.7 Å². The van der Waals surface area contributed by atoms with Gasteiger partial charge in [0.25, 0.3) is 0 Å². The fourth-order valence-electron chi connectivity index (χ4n) is 2.69. The Bertz CT molecular complexity index is 568. The van der Waals surface area contributed by atoms with Crippen molar-refractivity contribution in [3.63, 3.8) is 0 Å². The first-order chi connectivity index (χ1) is 13.0. The van der Waals surface area contributed by atoms with Gasteiger partial charge in [-0.05, 0) is 43.9 Å². The van der Waals surface area contributed by atoms with Gasteiger partial charge < -0.3 is 24.8 Å². The van der Waals surface area contributed by atoms with E-state index in [1.165, 1.54) is 12.8 Å². The average Bonchev–Trinajstić information content (AvgIpc) is 2.69. The summed E-state index contributed by atoms with van der Waals surface area (Å²) in [6, 6.07) is 5.39. The zero-order valence-electron chi connectivity index (χ0n) is 17.2. The van der Waals surface area contributed by atoms with Gasteiger partial charge in [0.15, 0.2) is 5.96 Å². The zero-order chi connectivity index (χ0) is 20.1. The Labute approximate surface area is 163 Å². The number of rotatable bonds is 12. The van der Waals surface area contributed by atoms with Crippen LogP contribution in [-0.4, -0.2) is 56.9 Å². The Balaban J connectivity index is 2.71. The summed E-state index contributed by atoms with van der Waals surface area (Å²) in [5, 5.41) is 13.8. The Kier molecular flexibility index (Phi) is 11.0. The molecule has 27 heavy (non-hydrogen) atoms. The maximum absolute atomic E-state index is 10.6. The molecule has 1 unspecified atom stereocenters. The van der Waals surface area contributed by atoms with E-state index in [-0.39, 0.29) is 6.54 Å². The molecular weight excluding hydrogens is 342 g/mol. The van der Waals surface area contributed by atoms with Crippen molar-refractivity contribution in [1.82, 2.24) is 10.2 Å². The van der Waals surface area contributed by atoms with E-state index in [2.05, 4.69) is 21.8 Å². The maximum atomic E-state index is 10.6. The molecule has 1 atom stereocenters. The van der Waals surface area contributed by atoms with Gasteiger partial charge in [0.1, 0.15) is 11.5 Å². The van der Waals surface area contributed by atoms with Crippen LogP contribution in [0.5, 0.6) is 11.5 Å². The van der Waals surface area contributed by atoms with Crippen molar-refractivity contribution in [2.75, 3.05) is 40.9 Å². The molecule has 1 rings (SSSR count). The van der Waals surface area contributed by atoms with Crippen molar-refractivity contribution in [3.8, 4) is 11.5 Å². The van der Waals surface area contributed by atoms with Gasteiger partial charge in [0, 0.05) is 26.2 Å². The number of hydrogen-bond donors (Lipinski definition) is 2. The molecule has 0 aliphatic carbocycles. The highest BCUT2D eigenvalue weighted by Gasteiger charge is 2.12. The van der Waals surface area contributed by atoms with E-state index >= 15 is 0 Å². The molecule has 1 aromatic carbocycles. The van der Waals surface area contributed by atoms with Crippen LogP contribution >= 0.6 is 0 Å². The molecule has 0 aliphatic heterocycles. The predicted molar refractivity (Wildman–Crippen MR) is 112 cm³/mol. The molecule has 0 spiro atoms. The summed E-state index contributed by atoms with van der Waals surface area (Å²) >= 11 is 0. The van der Waals surface area contributed by atoms with E-state index in [0.29, 0.717) is 11.5 Å². The smallest absolute Gasteiger partial charge is 0.193 e. The predicted octanol–water partition coefficient (Wildman–Crippen LogP) is 3.38. The number of methoxy groups -OCH3 is 2. The van der Waals surface area contributed by atoms with Gasteiger partial charge >= 0.3 is 0 Å². The number of allylic oxidation sites excluding steroid dienone is 1. The van der Waals surface area contributed by atoms with Crippen LogP contribution in [0.15, 0.2) is 35.8 Å². The number of unbranched alkanes of at least 4 members (excludes halogenated alkanes) is 3. The van der Waals surface area contributed by atoms with E-state index < -0.39 is 6.10 Å². The molecule has 0 heterocycles. The maximum Gasteiger partial charge on any atom is 0.193 e. The SMILES string of the molecule is C=CCCCCCN(C)C(=NCC(O)c1cc(OC)cc(OC)c1)NCC. The Morgan fingerprint density at radius 2 is 1.89 bits per heavy atom. The van der Waals surface area contributed by atoms with Crippen molar-refractivity contribution >= 4 is 5.96 Å². The second-order valence-electron chi connectivity index (χ2n) is 6.42. The van der Waals surface area contributed by atoms with Crippen LogP contribution in [0, 0.1) is 0 Å². The van der Waals surface area contributed by atoms with Crippen LogP contribution in [0.1, 0.15) is 44.3 Å². The summed E-state index contributed by atoms with van der Waals surface area (Å²) in [4.78, 5) is 6.71. The average molecular weight is 378 g/mol. The Morgan fingerprint density at radius 1 is 1.22 bits per heavy atom. The molecule has 2 N–H and O–H groups in total. The molecule has 6 nitrogen and oxygen atoms in total. The minimum Gasteiger partial charge on any atom is -0.497 e. The fraction of sp³-hybridized carbons (Fsp3) is 0.571. The second-order valence-corrected chi connectivity index (χ2v) is 6.42. The Hall–Kier alpha value is -2.21. The van der Waals surface area contributed by atoms with Crippen molar-refractivity contribution in [3.05, 3.63) is 36.4 Å². The number of hydrogen-bond acceptors (Lipinski definition) is 4. The zero-order valence-corrected chi connectivity index (χ0v) is 17.2. The van der Waals surface area contributed by atoms with Crippen LogP contribution in [0.25, 0.3) is 0 Å². The number of guanidine groups is 1. The van der Waals surface area contributed by atoms with Crippen molar-refractivity contribution in [2.24, 2.45) is 4.99 Å². The summed E-state index contributed by atoms with van der Waals surface area (Å²) in [5.74, 6) is 2.10. The number of aliphatic hydroxyl groups is 1. The van der Waals surface area contributed by atoms with Crippen molar-refractivity contribution in [1.29, 1.82) is 0 Å². The largest absolute Gasteiger partial charge is 0.497 e. The molecule has 1 aromatic rings. The highest BCUT2D eigenvalue weighted by Crippen LogP contribution is 2.26. The lowest BCUT2D eigenvalue weighted by Gasteiger charge is -2.22. The normalized spacial score (nSPS) is 12.4. The third kappa shape index (κ3) is 8.35. The number of benzene rings is 1. The van der Waals surface area contributed by atoms with E-state index in [1.54, 1.807) is 32.4 Å². The molecule has 0 aromatic heterocycles. The third-order valence-corrected chi connectivity index (χ3v) is 4.27. The summed E-state index contributed by atoms with van der Waals surface area (Å²) in [6.45, 7) is 7.76. The van der Waals surface area contributed by atoms with Crippen molar-refractivity contribution < 1.29 is 14.6 Å². The number of aliphatic hydroxyl groups excluding tert-OH is 1. The van der Waals surface area contributed by atoms with Gasteiger partial charge in [-0.15, -0.1) is 6.58 Å². The number of nitrogens with zero attached hydrogens (tertiary/aromatic N) is 2. The quantitative estimate of drug-likeness (QED) is 0.253. The highest BCUT2D eigenvalue weighted by molar-refractivity contribution is 5.79. The molecule has 0 saturated heterocycles. The standard InChI is InChI=1S/C21H35N3O3/c1-6-8-9-10-11-12-24(3)21(22-7-2)23-16-20(25)17-13-18(26-4)15-19(14-17)27-5/h6,13-15,20,25H,1,7-12,16H2,2-5H3,(H,22,23). The summed E-state index contributed by atoms with van der Waals surface area (Å²) in [6.07, 6.45) is 5.73. The Morgan fingerprint density at radius 3 is 2.44 bits per heavy atom. The van der Waals surface area contributed by atoms with Gasteiger partial charge in [-0.3, -0.25) is 4.99 Å². The molecule has 0 bridgehead atoms. The van der Waals surface area contributed by atoms with E-state index in [1.807, 2.05) is 20.0 Å².